The van der Waals surface area contributed by atoms with Gasteiger partial charge in [-0.15, -0.1) is 6.58 Å². The van der Waals surface area contributed by atoms with Gasteiger partial charge in [-0.2, -0.15) is 0 Å². The first-order valence-corrected chi connectivity index (χ1v) is 7.00. The third kappa shape index (κ3) is 4.60. The van der Waals surface area contributed by atoms with Crippen LogP contribution in [0.4, 0.5) is 0 Å². The predicted octanol–water partition coefficient (Wildman–Crippen LogP) is 0.946. The first kappa shape index (κ1) is 12.9. The quantitative estimate of drug-likeness (QED) is 0.343. The van der Waals surface area contributed by atoms with Gasteiger partial charge in [0.2, 0.25) is 0 Å². The van der Waals surface area contributed by atoms with Crippen LogP contribution in [0.25, 0.3) is 0 Å². The number of hydrogen-bond donors (Lipinski definition) is 0. The molecule has 0 aliphatic rings. The van der Waals surface area contributed by atoms with E-state index in [9.17, 15) is 0 Å². The predicted molar refractivity (Wildman–Crippen MR) is 63.9 cm³/mol. The molecule has 0 bridgehead atoms. The second kappa shape index (κ2) is 7.30. The number of nitrogens with zero attached hydrogens (tertiary/aromatic N) is 2. The normalized spacial score (nSPS) is 12.5. The summed E-state index contributed by atoms with van der Waals surface area (Å²) in [6, 6.07) is 1.24. The summed E-state index contributed by atoms with van der Waals surface area (Å²) in [7, 11) is 4.37. The van der Waals surface area contributed by atoms with Gasteiger partial charge < -0.3 is 0 Å². The SMILES string of the molecule is C=CC[SiH2]C(N(C)CC)N(C)CC. The summed E-state index contributed by atoms with van der Waals surface area (Å²) in [5, 5.41) is 0. The average Bonchev–Trinajstić information content (AvgIpc) is 2.17. The zero-order valence-corrected chi connectivity index (χ0v) is 11.0. The Bertz CT molecular complexity index is 129. The lowest BCUT2D eigenvalue weighted by molar-refractivity contribution is 0.156. The number of hydrogen-bond acceptors (Lipinski definition) is 2. The van der Waals surface area contributed by atoms with Gasteiger partial charge in [0.1, 0.15) is 0 Å². The molecule has 0 saturated carbocycles. The highest BCUT2D eigenvalue weighted by Crippen LogP contribution is 2.02. The van der Waals surface area contributed by atoms with Gasteiger partial charge in [-0.25, -0.2) is 0 Å². The first-order chi connectivity index (χ1) is 6.17. The highest BCUT2D eigenvalue weighted by atomic mass is 28.2. The van der Waals surface area contributed by atoms with Gasteiger partial charge >= 0.3 is 0 Å². The standard InChI is InChI=1S/C10H24N2Si/c1-6-9-13-10(11(4)7-2)12(5)8-3/h6,10H,1,7-9,13H2,2-5H3. The minimum atomic E-state index is -0.0578. The van der Waals surface area contributed by atoms with E-state index in [1.807, 2.05) is 0 Å². The molecule has 0 aliphatic carbocycles. The van der Waals surface area contributed by atoms with Gasteiger partial charge in [-0.3, -0.25) is 9.80 Å². The third-order valence-electron chi connectivity index (χ3n) is 2.64. The molecule has 0 N–H and O–H groups in total. The maximum Gasteiger partial charge on any atom is 0.0629 e. The van der Waals surface area contributed by atoms with Crippen LogP contribution in [-0.2, 0) is 0 Å². The first-order valence-electron chi connectivity index (χ1n) is 5.18. The van der Waals surface area contributed by atoms with Gasteiger partial charge in [0.15, 0.2) is 0 Å². The molecule has 13 heavy (non-hydrogen) atoms. The fourth-order valence-electron chi connectivity index (χ4n) is 1.47. The maximum atomic E-state index is 3.80. The summed E-state index contributed by atoms with van der Waals surface area (Å²) < 4.78 is 0. The van der Waals surface area contributed by atoms with Crippen molar-refractivity contribution in [2.75, 3.05) is 27.2 Å². The minimum absolute atomic E-state index is 0.0578. The highest BCUT2D eigenvalue weighted by molar-refractivity contribution is 6.38. The molecule has 0 atom stereocenters. The number of rotatable bonds is 7. The Morgan fingerprint density at radius 2 is 1.69 bits per heavy atom. The van der Waals surface area contributed by atoms with Gasteiger partial charge in [-0.05, 0) is 33.2 Å². The van der Waals surface area contributed by atoms with Gasteiger partial charge in [-0.1, -0.05) is 19.9 Å². The Kier molecular flexibility index (Phi) is 7.23. The highest BCUT2D eigenvalue weighted by Gasteiger charge is 2.16. The van der Waals surface area contributed by atoms with E-state index in [0.717, 1.165) is 13.1 Å². The molecule has 0 aliphatic heterocycles. The van der Waals surface area contributed by atoms with E-state index >= 15 is 0 Å². The topological polar surface area (TPSA) is 6.48 Å². The monoisotopic (exact) mass is 200 g/mol. The zero-order chi connectivity index (χ0) is 10.3. The Morgan fingerprint density at radius 3 is 2.00 bits per heavy atom. The summed E-state index contributed by atoms with van der Waals surface area (Å²) in [6.07, 6.45) is 2.06. The van der Waals surface area contributed by atoms with E-state index in [1.54, 1.807) is 0 Å². The smallest absolute Gasteiger partial charge is 0.0629 e. The Labute approximate surface area is 85.4 Å². The molecular weight excluding hydrogens is 176 g/mol. The molecule has 0 aromatic carbocycles. The summed E-state index contributed by atoms with van der Waals surface area (Å²) >= 11 is 0. The average molecular weight is 200 g/mol. The molecule has 2 nitrogen and oxygen atoms in total. The molecule has 3 heteroatoms. The molecule has 0 aromatic rings. The van der Waals surface area contributed by atoms with E-state index in [2.05, 4.69) is 50.4 Å². The Balaban J connectivity index is 4.08. The maximum absolute atomic E-state index is 3.80. The summed E-state index contributed by atoms with van der Waals surface area (Å²) in [5.41, 5.74) is 0. The molecule has 0 fully saturated rings. The van der Waals surface area contributed by atoms with Crippen LogP contribution in [0.15, 0.2) is 12.7 Å². The zero-order valence-electron chi connectivity index (χ0n) is 9.58. The molecule has 0 amide bonds. The van der Waals surface area contributed by atoms with E-state index in [4.69, 9.17) is 0 Å². The van der Waals surface area contributed by atoms with E-state index in [0.29, 0.717) is 5.79 Å². The lowest BCUT2D eigenvalue weighted by atomic mass is 10.6. The molecule has 0 unspecified atom stereocenters. The van der Waals surface area contributed by atoms with Crippen molar-refractivity contribution in [2.24, 2.45) is 0 Å². The van der Waals surface area contributed by atoms with E-state index in [1.165, 1.54) is 6.04 Å². The largest absolute Gasteiger partial charge is 0.295 e. The summed E-state index contributed by atoms with van der Waals surface area (Å²) in [4.78, 5) is 4.89. The Hall–Kier alpha value is -0.123. The third-order valence-corrected chi connectivity index (χ3v) is 5.15. The molecule has 0 heterocycles. The lowest BCUT2D eigenvalue weighted by Crippen LogP contribution is -2.48. The molecule has 0 spiro atoms. The van der Waals surface area contributed by atoms with Gasteiger partial charge in [0.05, 0.1) is 9.52 Å². The molecule has 78 valence electrons. The van der Waals surface area contributed by atoms with Crippen molar-refractivity contribution in [1.82, 2.24) is 9.80 Å². The second-order valence-corrected chi connectivity index (χ2v) is 5.38. The number of allylic oxidation sites excluding steroid dienone is 1. The van der Waals surface area contributed by atoms with Crippen molar-refractivity contribution in [3.8, 4) is 0 Å². The van der Waals surface area contributed by atoms with Crippen molar-refractivity contribution in [2.45, 2.75) is 25.7 Å². The van der Waals surface area contributed by atoms with E-state index in [-0.39, 0.29) is 9.52 Å². The molecule has 0 saturated heterocycles. The van der Waals surface area contributed by atoms with Crippen LogP contribution in [0.1, 0.15) is 13.8 Å². The minimum Gasteiger partial charge on any atom is -0.295 e. The lowest BCUT2D eigenvalue weighted by Gasteiger charge is -2.34. The van der Waals surface area contributed by atoms with Crippen LogP contribution < -0.4 is 0 Å². The van der Waals surface area contributed by atoms with Crippen molar-refractivity contribution in [3.05, 3.63) is 12.7 Å². The van der Waals surface area contributed by atoms with Crippen LogP contribution in [-0.4, -0.2) is 52.3 Å². The molecule has 0 radical (unpaired) electrons. The second-order valence-electron chi connectivity index (χ2n) is 3.49. The fraction of sp³-hybridized carbons (Fsp3) is 0.800. The van der Waals surface area contributed by atoms with Crippen LogP contribution >= 0.6 is 0 Å². The van der Waals surface area contributed by atoms with Crippen LogP contribution in [0.5, 0.6) is 0 Å². The van der Waals surface area contributed by atoms with Gasteiger partial charge in [0, 0.05) is 5.79 Å². The molecule has 0 rings (SSSR count). The van der Waals surface area contributed by atoms with Crippen molar-refractivity contribution in [3.63, 3.8) is 0 Å². The molecular formula is C10H24N2Si. The summed E-state index contributed by atoms with van der Waals surface area (Å²) in [6.45, 7) is 10.5. The van der Waals surface area contributed by atoms with Crippen molar-refractivity contribution in [1.29, 1.82) is 0 Å². The summed E-state index contributed by atoms with van der Waals surface area (Å²) in [5.74, 6) is 0.702. The fourth-order valence-corrected chi connectivity index (χ4v) is 3.40. The molecule has 0 aromatic heterocycles. The van der Waals surface area contributed by atoms with Crippen molar-refractivity contribution < 1.29 is 0 Å². The van der Waals surface area contributed by atoms with Crippen LogP contribution in [0.2, 0.25) is 6.04 Å². The van der Waals surface area contributed by atoms with Crippen molar-refractivity contribution >= 4 is 9.52 Å². The van der Waals surface area contributed by atoms with Gasteiger partial charge in [0.25, 0.3) is 0 Å². The Morgan fingerprint density at radius 1 is 1.23 bits per heavy atom. The van der Waals surface area contributed by atoms with Crippen LogP contribution in [0.3, 0.4) is 0 Å². The van der Waals surface area contributed by atoms with Crippen LogP contribution in [0, 0.1) is 0 Å². The van der Waals surface area contributed by atoms with E-state index < -0.39 is 0 Å².